The zero-order valence-electron chi connectivity index (χ0n) is 12.6. The van der Waals surface area contributed by atoms with Gasteiger partial charge in [-0.15, -0.1) is 0 Å². The van der Waals surface area contributed by atoms with Crippen molar-refractivity contribution in [3.63, 3.8) is 0 Å². The molecule has 1 rings (SSSR count). The number of nitrogens with zero attached hydrogens (tertiary/aromatic N) is 1. The van der Waals surface area contributed by atoms with Crippen LogP contribution in [0.5, 0.6) is 5.88 Å². The van der Waals surface area contributed by atoms with Gasteiger partial charge < -0.3 is 19.3 Å². The van der Waals surface area contributed by atoms with Crippen LogP contribution in [-0.2, 0) is 16.1 Å². The number of pyridine rings is 1. The second-order valence-electron chi connectivity index (χ2n) is 4.86. The van der Waals surface area contributed by atoms with Gasteiger partial charge in [-0.25, -0.2) is 4.98 Å². The molecule has 0 atom stereocenters. The van der Waals surface area contributed by atoms with E-state index in [2.05, 4.69) is 18.8 Å². The van der Waals surface area contributed by atoms with Gasteiger partial charge >= 0.3 is 0 Å². The van der Waals surface area contributed by atoms with Gasteiger partial charge in [0.15, 0.2) is 0 Å². The largest absolute Gasteiger partial charge is 0.478 e. The summed E-state index contributed by atoms with van der Waals surface area (Å²) < 4.78 is 15.9. The van der Waals surface area contributed by atoms with Crippen LogP contribution in [-0.4, -0.2) is 43.6 Å². The Balaban J connectivity index is 2.37. The number of hydrogen-bond acceptors (Lipinski definition) is 5. The first-order valence-corrected chi connectivity index (χ1v) is 6.98. The fourth-order valence-electron chi connectivity index (χ4n) is 1.63. The van der Waals surface area contributed by atoms with Crippen LogP contribution in [0.4, 0.5) is 0 Å². The summed E-state index contributed by atoms with van der Waals surface area (Å²) in [6, 6.07) is 3.68. The second kappa shape index (κ2) is 9.69. The zero-order valence-corrected chi connectivity index (χ0v) is 12.6. The second-order valence-corrected chi connectivity index (χ2v) is 4.86. The molecule has 114 valence electrons. The van der Waals surface area contributed by atoms with E-state index in [0.29, 0.717) is 38.2 Å². The molecule has 0 saturated carbocycles. The van der Waals surface area contributed by atoms with Crippen molar-refractivity contribution in [1.29, 1.82) is 0 Å². The number of aliphatic hydroxyl groups excluding tert-OH is 1. The summed E-state index contributed by atoms with van der Waals surface area (Å²) in [5.74, 6) is 0.873. The highest BCUT2D eigenvalue weighted by Gasteiger charge is 2.06. The van der Waals surface area contributed by atoms with Crippen LogP contribution in [0.15, 0.2) is 12.1 Å². The van der Waals surface area contributed by atoms with E-state index >= 15 is 0 Å². The zero-order chi connectivity index (χ0) is 14.8. The van der Waals surface area contributed by atoms with Crippen LogP contribution in [0.25, 0.3) is 0 Å². The standard InChI is InChI=1S/C15H25NO4/c1-12(2)14-9-13(11-17)10-15(16-14)20-6-4-5-19-8-7-18-3/h9-10,12,17H,4-8,11H2,1-3H3. The Morgan fingerprint density at radius 3 is 2.60 bits per heavy atom. The third-order valence-electron chi connectivity index (χ3n) is 2.77. The maximum atomic E-state index is 9.25. The highest BCUT2D eigenvalue weighted by Crippen LogP contribution is 2.19. The van der Waals surface area contributed by atoms with Gasteiger partial charge in [0.25, 0.3) is 0 Å². The maximum absolute atomic E-state index is 9.25. The van der Waals surface area contributed by atoms with Gasteiger partial charge in [-0.1, -0.05) is 13.8 Å². The molecule has 0 bridgehead atoms. The third kappa shape index (κ3) is 6.32. The molecule has 0 amide bonds. The summed E-state index contributed by atoms with van der Waals surface area (Å²) in [6.07, 6.45) is 0.797. The average molecular weight is 283 g/mol. The number of aromatic nitrogens is 1. The molecule has 5 heteroatoms. The van der Waals surface area contributed by atoms with Crippen molar-refractivity contribution < 1.29 is 19.3 Å². The summed E-state index contributed by atoms with van der Waals surface area (Å²) in [5, 5.41) is 9.25. The molecule has 0 aliphatic carbocycles. The molecule has 0 fully saturated rings. The van der Waals surface area contributed by atoms with Gasteiger partial charge in [0.05, 0.1) is 26.4 Å². The maximum Gasteiger partial charge on any atom is 0.213 e. The first kappa shape index (κ1) is 16.9. The minimum Gasteiger partial charge on any atom is -0.478 e. The van der Waals surface area contributed by atoms with Crippen molar-refractivity contribution in [1.82, 2.24) is 4.98 Å². The van der Waals surface area contributed by atoms with Crippen LogP contribution in [0, 0.1) is 0 Å². The summed E-state index contributed by atoms with van der Waals surface area (Å²) in [5.41, 5.74) is 1.76. The SMILES string of the molecule is COCCOCCCOc1cc(CO)cc(C(C)C)n1. The lowest BCUT2D eigenvalue weighted by Crippen LogP contribution is -2.08. The molecule has 5 nitrogen and oxygen atoms in total. The Morgan fingerprint density at radius 1 is 1.15 bits per heavy atom. The van der Waals surface area contributed by atoms with Crippen LogP contribution in [0.2, 0.25) is 0 Å². The van der Waals surface area contributed by atoms with Crippen molar-refractivity contribution in [2.24, 2.45) is 0 Å². The Hall–Kier alpha value is -1.17. The Kier molecular flexibility index (Phi) is 8.18. The molecule has 20 heavy (non-hydrogen) atoms. The summed E-state index contributed by atoms with van der Waals surface area (Å²) in [6.45, 7) is 6.53. The van der Waals surface area contributed by atoms with Crippen molar-refractivity contribution in [2.75, 3.05) is 33.5 Å². The number of aliphatic hydroxyl groups is 1. The predicted octanol–water partition coefficient (Wildman–Crippen LogP) is 2.13. The highest BCUT2D eigenvalue weighted by molar-refractivity contribution is 5.26. The van der Waals surface area contributed by atoms with E-state index in [1.165, 1.54) is 0 Å². The minimum atomic E-state index is -0.00126. The first-order chi connectivity index (χ1) is 9.67. The van der Waals surface area contributed by atoms with E-state index in [0.717, 1.165) is 17.7 Å². The number of rotatable bonds is 10. The predicted molar refractivity (Wildman–Crippen MR) is 77.1 cm³/mol. The molecule has 0 aliphatic heterocycles. The van der Waals surface area contributed by atoms with E-state index in [1.807, 2.05) is 6.07 Å². The topological polar surface area (TPSA) is 60.8 Å². The lowest BCUT2D eigenvalue weighted by atomic mass is 10.1. The van der Waals surface area contributed by atoms with E-state index < -0.39 is 0 Å². The quantitative estimate of drug-likeness (QED) is 0.667. The summed E-state index contributed by atoms with van der Waals surface area (Å²) in [4.78, 5) is 4.43. The Bertz CT molecular complexity index is 382. The van der Waals surface area contributed by atoms with Gasteiger partial charge in [-0.05, 0) is 17.5 Å². The van der Waals surface area contributed by atoms with E-state index in [4.69, 9.17) is 14.2 Å². The minimum absolute atomic E-state index is 0.00126. The van der Waals surface area contributed by atoms with Gasteiger partial charge in [0, 0.05) is 31.9 Å². The molecule has 1 aromatic heterocycles. The highest BCUT2D eigenvalue weighted by atomic mass is 16.5. The van der Waals surface area contributed by atoms with Gasteiger partial charge in [0.1, 0.15) is 0 Å². The molecule has 0 unspecified atom stereocenters. The van der Waals surface area contributed by atoms with E-state index in [1.54, 1.807) is 13.2 Å². The molecule has 1 aromatic rings. The van der Waals surface area contributed by atoms with Crippen LogP contribution in [0.1, 0.15) is 37.4 Å². The molecule has 1 N–H and O–H groups in total. The van der Waals surface area contributed by atoms with Crippen LogP contribution in [0.3, 0.4) is 0 Å². The molecule has 0 aromatic carbocycles. The van der Waals surface area contributed by atoms with E-state index in [9.17, 15) is 5.11 Å². The van der Waals surface area contributed by atoms with E-state index in [-0.39, 0.29) is 6.61 Å². The van der Waals surface area contributed by atoms with Crippen molar-refractivity contribution in [3.05, 3.63) is 23.4 Å². The number of ether oxygens (including phenoxy) is 3. The molecule has 0 aliphatic rings. The third-order valence-corrected chi connectivity index (χ3v) is 2.77. The first-order valence-electron chi connectivity index (χ1n) is 6.98. The van der Waals surface area contributed by atoms with Crippen molar-refractivity contribution in [2.45, 2.75) is 32.8 Å². The lowest BCUT2D eigenvalue weighted by molar-refractivity contribution is 0.0642. The molecule has 1 heterocycles. The monoisotopic (exact) mass is 283 g/mol. The van der Waals surface area contributed by atoms with Crippen molar-refractivity contribution >= 4 is 0 Å². The molecule has 0 spiro atoms. The molecule has 0 saturated heterocycles. The van der Waals surface area contributed by atoms with Crippen LogP contribution < -0.4 is 4.74 Å². The van der Waals surface area contributed by atoms with Gasteiger partial charge in [-0.3, -0.25) is 0 Å². The Labute approximate surface area is 120 Å². The molecule has 0 radical (unpaired) electrons. The molecular formula is C15H25NO4. The lowest BCUT2D eigenvalue weighted by Gasteiger charge is -2.11. The fourth-order valence-corrected chi connectivity index (χ4v) is 1.63. The average Bonchev–Trinajstić information content (AvgIpc) is 2.46. The van der Waals surface area contributed by atoms with Crippen LogP contribution >= 0.6 is 0 Å². The smallest absolute Gasteiger partial charge is 0.213 e. The Morgan fingerprint density at radius 2 is 1.95 bits per heavy atom. The van der Waals surface area contributed by atoms with Gasteiger partial charge in [0.2, 0.25) is 5.88 Å². The summed E-state index contributed by atoms with van der Waals surface area (Å²) >= 11 is 0. The number of methoxy groups -OCH3 is 1. The normalized spacial score (nSPS) is 11.1. The number of hydrogen-bond donors (Lipinski definition) is 1. The molecular weight excluding hydrogens is 258 g/mol. The fraction of sp³-hybridized carbons (Fsp3) is 0.667. The summed E-state index contributed by atoms with van der Waals surface area (Å²) in [7, 11) is 1.65. The van der Waals surface area contributed by atoms with Gasteiger partial charge in [-0.2, -0.15) is 0 Å². The van der Waals surface area contributed by atoms with Crippen molar-refractivity contribution in [3.8, 4) is 5.88 Å².